The second kappa shape index (κ2) is 4.07. The van der Waals surface area contributed by atoms with Crippen molar-refractivity contribution < 1.29 is 8.42 Å². The molecule has 88 valence electrons. The van der Waals surface area contributed by atoms with Crippen LogP contribution in [0.5, 0.6) is 0 Å². The van der Waals surface area contributed by atoms with Crippen molar-refractivity contribution in [1.29, 1.82) is 0 Å². The Hall–Kier alpha value is -1.07. The molecule has 4 nitrogen and oxygen atoms in total. The molecule has 0 aromatic heterocycles. The highest BCUT2D eigenvalue weighted by molar-refractivity contribution is 7.92. The fraction of sp³-hybridized carbons (Fsp3) is 0.455. The highest BCUT2D eigenvalue weighted by atomic mass is 32.2. The van der Waals surface area contributed by atoms with Crippen molar-refractivity contribution in [3.63, 3.8) is 0 Å². The summed E-state index contributed by atoms with van der Waals surface area (Å²) in [4.78, 5) is 0. The van der Waals surface area contributed by atoms with Crippen LogP contribution in [-0.2, 0) is 23.0 Å². The van der Waals surface area contributed by atoms with Crippen LogP contribution >= 0.6 is 0 Å². The van der Waals surface area contributed by atoms with Gasteiger partial charge in [-0.25, -0.2) is 8.42 Å². The summed E-state index contributed by atoms with van der Waals surface area (Å²) in [5.41, 5.74) is 3.15. The Morgan fingerprint density at radius 1 is 1.38 bits per heavy atom. The van der Waals surface area contributed by atoms with Crippen LogP contribution in [0.1, 0.15) is 11.1 Å². The normalized spacial score (nSPS) is 15.6. The van der Waals surface area contributed by atoms with Crippen molar-refractivity contribution in [3.05, 3.63) is 29.3 Å². The number of hydrogen-bond donors (Lipinski definition) is 1. The Kier molecular flexibility index (Phi) is 2.90. The lowest BCUT2D eigenvalue weighted by Gasteiger charge is -2.25. The summed E-state index contributed by atoms with van der Waals surface area (Å²) in [5, 5.41) is 3.28. The van der Waals surface area contributed by atoms with Crippen molar-refractivity contribution >= 4 is 15.7 Å². The molecule has 0 spiro atoms. The summed E-state index contributed by atoms with van der Waals surface area (Å²) in [6.07, 6.45) is 2.11. The molecule has 2 rings (SSSR count). The zero-order valence-corrected chi connectivity index (χ0v) is 10.3. The third-order valence-corrected chi connectivity index (χ3v) is 4.14. The van der Waals surface area contributed by atoms with E-state index in [0.717, 1.165) is 30.8 Å². The molecule has 1 aliphatic heterocycles. The van der Waals surface area contributed by atoms with Gasteiger partial charge in [-0.2, -0.15) is 0 Å². The molecule has 0 fully saturated rings. The summed E-state index contributed by atoms with van der Waals surface area (Å²) < 4.78 is 24.4. The van der Waals surface area contributed by atoms with E-state index in [9.17, 15) is 8.42 Å². The van der Waals surface area contributed by atoms with Gasteiger partial charge >= 0.3 is 0 Å². The average molecular weight is 240 g/mol. The smallest absolute Gasteiger partial charge is 0.232 e. The van der Waals surface area contributed by atoms with Gasteiger partial charge in [-0.15, -0.1) is 0 Å². The van der Waals surface area contributed by atoms with E-state index in [-0.39, 0.29) is 0 Å². The maximum Gasteiger partial charge on any atom is 0.232 e. The van der Waals surface area contributed by atoms with Crippen LogP contribution in [0.25, 0.3) is 0 Å². The molecule has 0 saturated heterocycles. The number of sulfonamides is 1. The van der Waals surface area contributed by atoms with E-state index in [1.165, 1.54) is 16.1 Å². The van der Waals surface area contributed by atoms with E-state index in [0.29, 0.717) is 0 Å². The van der Waals surface area contributed by atoms with Crippen molar-refractivity contribution in [2.75, 3.05) is 24.2 Å². The summed E-state index contributed by atoms with van der Waals surface area (Å²) >= 11 is 0. The molecule has 0 bridgehead atoms. The molecular weight excluding hydrogens is 224 g/mol. The second-order valence-corrected chi connectivity index (χ2v) is 6.09. The first-order valence-electron chi connectivity index (χ1n) is 5.25. The number of fused-ring (bicyclic) bond motifs is 1. The Morgan fingerprint density at radius 3 is 2.81 bits per heavy atom. The van der Waals surface area contributed by atoms with Crippen LogP contribution in [0.3, 0.4) is 0 Å². The van der Waals surface area contributed by atoms with Crippen molar-refractivity contribution in [2.45, 2.75) is 13.0 Å². The van der Waals surface area contributed by atoms with Gasteiger partial charge in [-0.3, -0.25) is 4.31 Å². The molecule has 1 aromatic rings. The third kappa shape index (κ3) is 2.05. The third-order valence-electron chi connectivity index (χ3n) is 2.95. The number of nitrogens with zero attached hydrogens (tertiary/aromatic N) is 1. The second-order valence-electron chi connectivity index (χ2n) is 4.07. The fourth-order valence-corrected chi connectivity index (χ4v) is 2.51. The van der Waals surface area contributed by atoms with Crippen LogP contribution in [0.15, 0.2) is 18.2 Å². The minimum absolute atomic E-state index is 0.807. The molecule has 0 radical (unpaired) electrons. The predicted octanol–water partition coefficient (Wildman–Crippen LogP) is 0.728. The maximum atomic E-state index is 11.5. The number of benzene rings is 1. The summed E-state index contributed by atoms with van der Waals surface area (Å²) in [6, 6.07) is 5.81. The number of nitrogens with one attached hydrogen (secondary N) is 1. The minimum atomic E-state index is -3.18. The fourth-order valence-electron chi connectivity index (χ4n) is 1.99. The largest absolute Gasteiger partial charge is 0.312 e. The van der Waals surface area contributed by atoms with E-state index in [4.69, 9.17) is 0 Å². The minimum Gasteiger partial charge on any atom is -0.312 e. The van der Waals surface area contributed by atoms with Crippen molar-refractivity contribution in [2.24, 2.45) is 0 Å². The van der Waals surface area contributed by atoms with E-state index in [1.54, 1.807) is 7.05 Å². The predicted molar refractivity (Wildman–Crippen MR) is 65.1 cm³/mol. The van der Waals surface area contributed by atoms with E-state index in [2.05, 4.69) is 5.32 Å². The summed E-state index contributed by atoms with van der Waals surface area (Å²) in [5.74, 6) is 0. The molecule has 0 unspecified atom stereocenters. The highest BCUT2D eigenvalue weighted by Crippen LogP contribution is 2.26. The molecule has 1 aromatic carbocycles. The summed E-state index contributed by atoms with van der Waals surface area (Å²) in [7, 11) is -1.57. The number of anilines is 1. The quantitative estimate of drug-likeness (QED) is 0.829. The Bertz CT molecular complexity index is 497. The first-order valence-corrected chi connectivity index (χ1v) is 7.10. The number of hydrogen-bond acceptors (Lipinski definition) is 3. The Labute approximate surface area is 96.3 Å². The Balaban J connectivity index is 2.49. The van der Waals surface area contributed by atoms with Gasteiger partial charge in [0.05, 0.1) is 11.9 Å². The van der Waals surface area contributed by atoms with Crippen LogP contribution in [0.4, 0.5) is 5.69 Å². The highest BCUT2D eigenvalue weighted by Gasteiger charge is 2.19. The lowest BCUT2D eigenvalue weighted by molar-refractivity contribution is 0.599. The van der Waals surface area contributed by atoms with Gasteiger partial charge in [0.25, 0.3) is 0 Å². The van der Waals surface area contributed by atoms with Crippen LogP contribution in [-0.4, -0.2) is 28.3 Å². The zero-order chi connectivity index (χ0) is 11.8. The monoisotopic (exact) mass is 240 g/mol. The van der Waals surface area contributed by atoms with Gasteiger partial charge in [0.15, 0.2) is 0 Å². The summed E-state index contributed by atoms with van der Waals surface area (Å²) in [6.45, 7) is 1.72. The lowest BCUT2D eigenvalue weighted by atomic mass is 9.99. The van der Waals surface area contributed by atoms with Crippen molar-refractivity contribution in [3.8, 4) is 0 Å². The van der Waals surface area contributed by atoms with Crippen LogP contribution in [0.2, 0.25) is 0 Å². The molecule has 16 heavy (non-hydrogen) atoms. The van der Waals surface area contributed by atoms with Gasteiger partial charge in [0.1, 0.15) is 0 Å². The zero-order valence-electron chi connectivity index (χ0n) is 9.53. The topological polar surface area (TPSA) is 49.4 Å². The molecule has 1 heterocycles. The maximum absolute atomic E-state index is 11.5. The van der Waals surface area contributed by atoms with Crippen molar-refractivity contribution in [1.82, 2.24) is 5.32 Å². The molecule has 1 aliphatic rings. The van der Waals surface area contributed by atoms with E-state index in [1.807, 2.05) is 18.2 Å². The molecule has 5 heteroatoms. The average Bonchev–Trinajstić information content (AvgIpc) is 2.26. The van der Waals surface area contributed by atoms with E-state index < -0.39 is 10.0 Å². The Morgan fingerprint density at radius 2 is 2.12 bits per heavy atom. The van der Waals surface area contributed by atoms with Crippen LogP contribution in [0, 0.1) is 0 Å². The first-order chi connectivity index (χ1) is 7.50. The standard InChI is InChI=1S/C11H16N2O2S/c1-13(16(2,14)15)11-5-3-4-9-8-12-7-6-10(9)11/h3-5,12H,6-8H2,1-2H3. The van der Waals surface area contributed by atoms with E-state index >= 15 is 0 Å². The molecule has 0 saturated carbocycles. The molecule has 1 N–H and O–H groups in total. The van der Waals surface area contributed by atoms with Gasteiger partial charge in [0, 0.05) is 13.6 Å². The van der Waals surface area contributed by atoms with Gasteiger partial charge < -0.3 is 5.32 Å². The molecular formula is C11H16N2O2S. The molecule has 0 atom stereocenters. The van der Waals surface area contributed by atoms with Gasteiger partial charge in [-0.1, -0.05) is 12.1 Å². The van der Waals surface area contributed by atoms with Gasteiger partial charge in [-0.05, 0) is 30.2 Å². The van der Waals surface area contributed by atoms with Gasteiger partial charge in [0.2, 0.25) is 10.0 Å². The molecule has 0 aliphatic carbocycles. The van der Waals surface area contributed by atoms with Crippen LogP contribution < -0.4 is 9.62 Å². The lowest BCUT2D eigenvalue weighted by Crippen LogP contribution is -2.30. The number of rotatable bonds is 2. The SMILES string of the molecule is CN(c1cccc2c1CCNC2)S(C)(=O)=O. The molecule has 0 amide bonds. The first kappa shape index (κ1) is 11.4.